The van der Waals surface area contributed by atoms with Gasteiger partial charge in [0.2, 0.25) is 11.8 Å². The van der Waals surface area contributed by atoms with Gasteiger partial charge in [-0.2, -0.15) is 0 Å². The Morgan fingerprint density at radius 1 is 0.854 bits per heavy atom. The number of amides is 2. The summed E-state index contributed by atoms with van der Waals surface area (Å²) in [5.74, 6) is -0.342. The number of hydrogen-bond acceptors (Lipinski definition) is 6. The van der Waals surface area contributed by atoms with Crippen LogP contribution >= 0.6 is 15.9 Å². The van der Waals surface area contributed by atoms with E-state index in [2.05, 4.69) is 21.2 Å². The van der Waals surface area contributed by atoms with Crippen molar-refractivity contribution in [3.8, 4) is 11.5 Å². The van der Waals surface area contributed by atoms with Gasteiger partial charge in [0.05, 0.1) is 24.8 Å². The molecule has 0 radical (unpaired) electrons. The lowest BCUT2D eigenvalue weighted by atomic mass is 10.0. The van der Waals surface area contributed by atoms with Gasteiger partial charge in [-0.1, -0.05) is 76.1 Å². The molecule has 0 unspecified atom stereocenters. The Balaban J connectivity index is 1.88. The van der Waals surface area contributed by atoms with Gasteiger partial charge in [-0.05, 0) is 75.2 Å². The van der Waals surface area contributed by atoms with Gasteiger partial charge in [0.25, 0.3) is 10.0 Å². The van der Waals surface area contributed by atoms with E-state index in [0.717, 1.165) is 25.5 Å². The number of nitrogens with one attached hydrogen (secondary N) is 1. The third-order valence-electron chi connectivity index (χ3n) is 7.55. The quantitative estimate of drug-likeness (QED) is 0.168. The van der Waals surface area contributed by atoms with Crippen molar-refractivity contribution in [2.75, 3.05) is 25.1 Å². The lowest BCUT2D eigenvalue weighted by Crippen LogP contribution is -2.56. The van der Waals surface area contributed by atoms with E-state index < -0.39 is 34.1 Å². The Kier molecular flexibility index (Phi) is 11.9. The topological polar surface area (TPSA) is 105 Å². The normalized spacial score (nSPS) is 12.1. The first kappa shape index (κ1) is 36.5. The van der Waals surface area contributed by atoms with Crippen LogP contribution in [-0.4, -0.2) is 57.5 Å². The summed E-state index contributed by atoms with van der Waals surface area (Å²) in [5.41, 5.74) is 2.00. The molecule has 4 rings (SSSR count). The Hall–Kier alpha value is -4.35. The third kappa shape index (κ3) is 9.38. The average Bonchev–Trinajstić information content (AvgIpc) is 3.04. The monoisotopic (exact) mass is 735 g/mol. The molecule has 0 bridgehead atoms. The Morgan fingerprint density at radius 2 is 1.52 bits per heavy atom. The van der Waals surface area contributed by atoms with Gasteiger partial charge < -0.3 is 19.7 Å². The molecule has 0 saturated carbocycles. The predicted molar refractivity (Wildman–Crippen MR) is 192 cm³/mol. The molecular weight excluding hydrogens is 694 g/mol. The van der Waals surface area contributed by atoms with Crippen molar-refractivity contribution in [3.63, 3.8) is 0 Å². The Bertz CT molecular complexity index is 1830. The summed E-state index contributed by atoms with van der Waals surface area (Å²) >= 11 is 3.51. The maximum Gasteiger partial charge on any atom is 0.264 e. The van der Waals surface area contributed by atoms with Gasteiger partial charge in [0.15, 0.2) is 0 Å². The van der Waals surface area contributed by atoms with E-state index in [1.807, 2.05) is 82.3 Å². The number of hydrogen-bond donors (Lipinski definition) is 1. The molecule has 254 valence electrons. The Morgan fingerprint density at radius 3 is 2.12 bits per heavy atom. The van der Waals surface area contributed by atoms with Gasteiger partial charge in [0, 0.05) is 29.0 Å². The van der Waals surface area contributed by atoms with Crippen molar-refractivity contribution in [2.24, 2.45) is 0 Å². The molecule has 48 heavy (non-hydrogen) atoms. The molecule has 0 spiro atoms. The van der Waals surface area contributed by atoms with Gasteiger partial charge in [0.1, 0.15) is 24.1 Å². The van der Waals surface area contributed by atoms with Crippen molar-refractivity contribution in [1.29, 1.82) is 0 Å². The number of halogens is 1. The van der Waals surface area contributed by atoms with Crippen LogP contribution in [0.25, 0.3) is 0 Å². The van der Waals surface area contributed by atoms with Crippen molar-refractivity contribution >= 4 is 43.5 Å². The van der Waals surface area contributed by atoms with E-state index in [1.165, 1.54) is 37.3 Å². The molecule has 2 amide bonds. The minimum Gasteiger partial charge on any atom is -0.497 e. The SMILES string of the molecule is COc1ccc(OC)c(N(CC(=O)N(Cc2cccc(Br)c2)[C@@H](Cc2ccccc2)C(=O)NC(C)(C)C)S(=O)(=O)c2ccc(C)cc2)c1. The van der Waals surface area contributed by atoms with Crippen LogP contribution in [0.3, 0.4) is 0 Å². The molecule has 11 heteroatoms. The highest BCUT2D eigenvalue weighted by Crippen LogP contribution is 2.36. The molecule has 1 N–H and O–H groups in total. The molecule has 4 aromatic carbocycles. The van der Waals surface area contributed by atoms with E-state index in [9.17, 15) is 18.0 Å². The molecular formula is C37H42BrN3O6S. The zero-order valence-corrected chi connectivity index (χ0v) is 30.5. The smallest absolute Gasteiger partial charge is 0.264 e. The van der Waals surface area contributed by atoms with Crippen molar-refractivity contribution in [2.45, 2.75) is 57.1 Å². The predicted octanol–water partition coefficient (Wildman–Crippen LogP) is 6.52. The van der Waals surface area contributed by atoms with E-state index >= 15 is 0 Å². The van der Waals surface area contributed by atoms with Gasteiger partial charge in [-0.15, -0.1) is 0 Å². The summed E-state index contributed by atoms with van der Waals surface area (Å²) in [6, 6.07) is 27.0. The molecule has 0 fully saturated rings. The molecule has 0 aliphatic rings. The number of sulfonamides is 1. The minimum atomic E-state index is -4.33. The van der Waals surface area contributed by atoms with Crippen LogP contribution in [0.2, 0.25) is 0 Å². The van der Waals surface area contributed by atoms with Gasteiger partial charge in [-0.3, -0.25) is 13.9 Å². The zero-order chi connectivity index (χ0) is 35.1. The minimum absolute atomic E-state index is 0.00405. The Labute approximate surface area is 292 Å². The molecule has 4 aromatic rings. The molecule has 0 saturated heterocycles. The van der Waals surface area contributed by atoms with E-state index in [0.29, 0.717) is 5.75 Å². The summed E-state index contributed by atoms with van der Waals surface area (Å²) in [6.07, 6.45) is 0.204. The number of rotatable bonds is 13. The molecule has 0 aromatic heterocycles. The molecule has 0 aliphatic carbocycles. The lowest BCUT2D eigenvalue weighted by Gasteiger charge is -2.35. The largest absolute Gasteiger partial charge is 0.497 e. The summed E-state index contributed by atoms with van der Waals surface area (Å²) in [5, 5.41) is 3.04. The molecule has 1 atom stereocenters. The van der Waals surface area contributed by atoms with Crippen LogP contribution in [0.5, 0.6) is 11.5 Å². The number of methoxy groups -OCH3 is 2. The standard InChI is InChI=1S/C37H42BrN3O6S/c1-26-15-18-31(19-16-26)48(44,45)41(32-23-30(46-5)17-20-34(32)47-6)25-35(42)40(24-28-13-10-14-29(38)21-28)33(36(43)39-37(2,3)4)22-27-11-8-7-9-12-27/h7-21,23,33H,22,24-25H2,1-6H3,(H,39,43)/t33-/m0/s1. The summed E-state index contributed by atoms with van der Waals surface area (Å²) in [4.78, 5) is 30.3. The summed E-state index contributed by atoms with van der Waals surface area (Å²) in [7, 11) is -1.43. The highest BCUT2D eigenvalue weighted by molar-refractivity contribution is 9.10. The number of ether oxygens (including phenoxy) is 2. The number of nitrogens with zero attached hydrogens (tertiary/aromatic N) is 2. The average molecular weight is 737 g/mol. The zero-order valence-electron chi connectivity index (χ0n) is 28.1. The fourth-order valence-corrected chi connectivity index (χ4v) is 7.04. The maximum absolute atomic E-state index is 14.8. The van der Waals surface area contributed by atoms with E-state index in [4.69, 9.17) is 9.47 Å². The van der Waals surface area contributed by atoms with Gasteiger partial charge in [-0.25, -0.2) is 8.42 Å². The maximum atomic E-state index is 14.8. The first-order valence-corrected chi connectivity index (χ1v) is 17.7. The summed E-state index contributed by atoms with van der Waals surface area (Å²) in [6.45, 7) is 6.89. The third-order valence-corrected chi connectivity index (χ3v) is 9.82. The highest BCUT2D eigenvalue weighted by Gasteiger charge is 2.36. The van der Waals surface area contributed by atoms with Crippen molar-refractivity contribution in [1.82, 2.24) is 10.2 Å². The first-order valence-electron chi connectivity index (χ1n) is 15.4. The second kappa shape index (κ2) is 15.7. The second-order valence-electron chi connectivity index (χ2n) is 12.5. The van der Waals surface area contributed by atoms with Crippen molar-refractivity contribution in [3.05, 3.63) is 118 Å². The fraction of sp³-hybridized carbons (Fsp3) is 0.297. The summed E-state index contributed by atoms with van der Waals surface area (Å²) < 4.78 is 41.7. The number of aryl methyl sites for hydroxylation is 1. The molecule has 0 aliphatic heterocycles. The van der Waals surface area contributed by atoms with E-state index in [1.54, 1.807) is 24.3 Å². The van der Waals surface area contributed by atoms with Crippen LogP contribution < -0.4 is 19.1 Å². The van der Waals surface area contributed by atoms with Crippen LogP contribution in [-0.2, 0) is 32.6 Å². The van der Waals surface area contributed by atoms with Crippen LogP contribution in [0.15, 0.2) is 106 Å². The number of carbonyl (C=O) groups is 2. The first-order chi connectivity index (χ1) is 22.7. The lowest BCUT2D eigenvalue weighted by molar-refractivity contribution is -0.140. The number of anilines is 1. The van der Waals surface area contributed by atoms with Gasteiger partial charge >= 0.3 is 0 Å². The van der Waals surface area contributed by atoms with Crippen LogP contribution in [0.4, 0.5) is 5.69 Å². The van der Waals surface area contributed by atoms with Crippen molar-refractivity contribution < 1.29 is 27.5 Å². The van der Waals surface area contributed by atoms with Crippen LogP contribution in [0.1, 0.15) is 37.5 Å². The number of carbonyl (C=O) groups excluding carboxylic acids is 2. The second-order valence-corrected chi connectivity index (χ2v) is 15.2. The fourth-order valence-electron chi connectivity index (χ4n) is 5.18. The highest BCUT2D eigenvalue weighted by atomic mass is 79.9. The molecule has 0 heterocycles. The molecule has 9 nitrogen and oxygen atoms in total. The number of benzene rings is 4. The van der Waals surface area contributed by atoms with E-state index in [-0.39, 0.29) is 35.2 Å². The van der Waals surface area contributed by atoms with Crippen LogP contribution in [0, 0.1) is 6.92 Å².